The van der Waals surface area contributed by atoms with Crippen LogP contribution in [0.1, 0.15) is 89.1 Å². The van der Waals surface area contributed by atoms with Crippen molar-refractivity contribution in [2.45, 2.75) is 111 Å². The highest BCUT2D eigenvalue weighted by Gasteiger charge is 2.19. The number of benzene rings is 13. The van der Waals surface area contributed by atoms with Gasteiger partial charge in [-0.2, -0.15) is 0 Å². The smallest absolute Gasteiger partial charge is 0.165 e. The summed E-state index contributed by atoms with van der Waals surface area (Å²) in [6.07, 6.45) is 3.71. The van der Waals surface area contributed by atoms with Gasteiger partial charge < -0.3 is 0 Å². The average Bonchev–Trinajstić information content (AvgIpc) is 0.769. The monoisotopic (exact) mass is 1320 g/mol. The van der Waals surface area contributed by atoms with Crippen LogP contribution in [0.2, 0.25) is 0 Å². The molecule has 2 heterocycles. The van der Waals surface area contributed by atoms with Gasteiger partial charge in [0.15, 0.2) is 23.3 Å². The van der Waals surface area contributed by atoms with Crippen LogP contribution >= 0.6 is 0 Å². The van der Waals surface area contributed by atoms with Crippen molar-refractivity contribution < 1.29 is 17.6 Å². The molecule has 506 valence electrons. The molecule has 0 unspecified atom stereocenters. The summed E-state index contributed by atoms with van der Waals surface area (Å²) in [6.45, 7) is 31.7. The number of fused-ring (bicyclic) bond motifs is 5. The Bertz CT molecular complexity index is 4640. The van der Waals surface area contributed by atoms with Gasteiger partial charge in [0, 0.05) is 34.6 Å². The van der Waals surface area contributed by atoms with Gasteiger partial charge in [-0.3, -0.25) is 9.97 Å². The Labute approximate surface area is 590 Å². The third kappa shape index (κ3) is 19.7. The molecular formula is C94H92F4N2. The van der Waals surface area contributed by atoms with Gasteiger partial charge in [0.2, 0.25) is 0 Å². The second kappa shape index (κ2) is 35.6. The fraction of sp³-hybridized carbons (Fsp3) is 0.170. The third-order valence-electron chi connectivity index (χ3n) is 17.9. The van der Waals surface area contributed by atoms with Crippen LogP contribution < -0.4 is 0 Å². The summed E-state index contributed by atoms with van der Waals surface area (Å²) in [5.41, 5.74) is 23.3. The molecule has 0 aliphatic rings. The van der Waals surface area contributed by atoms with Gasteiger partial charge in [0.25, 0.3) is 0 Å². The van der Waals surface area contributed by atoms with E-state index < -0.39 is 34.4 Å². The molecule has 6 heteroatoms. The van der Waals surface area contributed by atoms with Crippen molar-refractivity contribution in [1.29, 1.82) is 0 Å². The zero-order valence-corrected chi connectivity index (χ0v) is 60.8. The number of hydrogen-bond acceptors (Lipinski definition) is 2. The Morgan fingerprint density at radius 1 is 0.210 bits per heavy atom. The molecule has 15 aromatic rings. The second-order valence-electron chi connectivity index (χ2n) is 25.9. The van der Waals surface area contributed by atoms with Crippen molar-refractivity contribution in [1.82, 2.24) is 9.97 Å². The van der Waals surface area contributed by atoms with Crippen LogP contribution in [-0.2, 0) is 0 Å². The van der Waals surface area contributed by atoms with E-state index >= 15 is 0 Å². The van der Waals surface area contributed by atoms with E-state index in [0.717, 1.165) is 25.1 Å². The topological polar surface area (TPSA) is 25.8 Å². The molecule has 0 atom stereocenters. The van der Waals surface area contributed by atoms with Crippen molar-refractivity contribution in [3.8, 4) is 22.3 Å². The van der Waals surface area contributed by atoms with Gasteiger partial charge in [0.05, 0.1) is 5.52 Å². The number of pyridine rings is 2. The first-order valence-corrected chi connectivity index (χ1v) is 34.0. The van der Waals surface area contributed by atoms with Crippen molar-refractivity contribution in [3.05, 3.63) is 380 Å². The van der Waals surface area contributed by atoms with Crippen molar-refractivity contribution in [2.75, 3.05) is 0 Å². The van der Waals surface area contributed by atoms with Gasteiger partial charge in [0.1, 0.15) is 0 Å². The van der Waals surface area contributed by atoms with Crippen LogP contribution in [0.15, 0.2) is 267 Å². The number of hydrogen-bond donors (Lipinski definition) is 0. The molecule has 0 spiro atoms. The van der Waals surface area contributed by atoms with E-state index in [4.69, 9.17) is 0 Å². The molecule has 0 bridgehead atoms. The predicted octanol–water partition coefficient (Wildman–Crippen LogP) is 26.9. The molecule has 0 N–H and O–H groups in total. The molecule has 15 rings (SSSR count). The average molecular weight is 1330 g/mol. The zero-order chi connectivity index (χ0) is 72.2. The summed E-state index contributed by atoms with van der Waals surface area (Å²) in [4.78, 5) is 8.42. The summed E-state index contributed by atoms with van der Waals surface area (Å²) in [7, 11) is 0. The normalized spacial score (nSPS) is 10.4. The van der Waals surface area contributed by atoms with Gasteiger partial charge in [-0.25, -0.2) is 17.6 Å². The molecule has 0 radical (unpaired) electrons. The SMILES string of the molecule is Cc1c(F)c(F)c(C)c(F)c1F.Cc1c2ccccc2c(C)c2ccccc12.Cc1ccc(-c2ccc(C)cc2)cc1.Cc1ccc(C)c2ccccc12.Cc1ccc(C)c2ncccc12.Cc1ccc(C)nc1.Cc1cccc(-c2cccc(C)c2)c1.Cc1cccc2c(C)cccc12. The fourth-order valence-corrected chi connectivity index (χ4v) is 11.8. The Kier molecular flexibility index (Phi) is 26.7. The molecule has 0 fully saturated rings. The summed E-state index contributed by atoms with van der Waals surface area (Å²) in [5, 5.41) is 12.2. The second-order valence-corrected chi connectivity index (χ2v) is 25.9. The van der Waals surface area contributed by atoms with Gasteiger partial charge in [-0.05, 0) is 238 Å². The number of rotatable bonds is 2. The zero-order valence-electron chi connectivity index (χ0n) is 60.8. The molecule has 0 saturated carbocycles. The summed E-state index contributed by atoms with van der Waals surface area (Å²) in [6, 6.07) is 90.0. The summed E-state index contributed by atoms with van der Waals surface area (Å²) in [5.74, 6) is -5.31. The number of nitrogens with zero attached hydrogens (tertiary/aromatic N) is 2. The van der Waals surface area contributed by atoms with Crippen LogP contribution in [0.4, 0.5) is 17.6 Å². The van der Waals surface area contributed by atoms with Crippen molar-refractivity contribution in [3.63, 3.8) is 0 Å². The quantitative estimate of drug-likeness (QED) is 0.0979. The van der Waals surface area contributed by atoms with E-state index in [-0.39, 0.29) is 0 Å². The Morgan fingerprint density at radius 2 is 0.520 bits per heavy atom. The summed E-state index contributed by atoms with van der Waals surface area (Å²) < 4.78 is 50.6. The highest BCUT2D eigenvalue weighted by molar-refractivity contribution is 6.05. The maximum Gasteiger partial charge on any atom is 0.165 e. The van der Waals surface area contributed by atoms with Crippen molar-refractivity contribution >= 4 is 54.0 Å². The Balaban J connectivity index is 0.000000146. The molecule has 0 aliphatic carbocycles. The predicted molar refractivity (Wildman–Crippen MR) is 421 cm³/mol. The third-order valence-corrected chi connectivity index (χ3v) is 17.9. The lowest BCUT2D eigenvalue weighted by Crippen LogP contribution is -2.02. The van der Waals surface area contributed by atoms with Gasteiger partial charge in [-0.15, -0.1) is 0 Å². The van der Waals surface area contributed by atoms with E-state index in [2.05, 4.69) is 336 Å². The fourth-order valence-electron chi connectivity index (χ4n) is 11.8. The number of halogens is 4. The van der Waals surface area contributed by atoms with Crippen LogP contribution in [0.5, 0.6) is 0 Å². The first kappa shape index (κ1) is 75.0. The molecule has 2 aromatic heterocycles. The van der Waals surface area contributed by atoms with Gasteiger partial charge >= 0.3 is 0 Å². The Hall–Kier alpha value is -10.8. The van der Waals surface area contributed by atoms with E-state index in [1.54, 1.807) is 0 Å². The largest absolute Gasteiger partial charge is 0.261 e. The summed E-state index contributed by atoms with van der Waals surface area (Å²) >= 11 is 0. The molecular weight excluding hydrogens is 1230 g/mol. The van der Waals surface area contributed by atoms with E-state index in [9.17, 15) is 17.6 Å². The molecule has 0 aliphatic heterocycles. The molecule has 2 nitrogen and oxygen atoms in total. The highest BCUT2D eigenvalue weighted by atomic mass is 19.2. The van der Waals surface area contributed by atoms with Crippen LogP contribution in [0, 0.1) is 134 Å². The lowest BCUT2D eigenvalue weighted by atomic mass is 9.93. The maximum atomic E-state index is 12.7. The Morgan fingerprint density at radius 3 is 0.860 bits per heavy atom. The standard InChI is InChI=1S/C16H14.2C14H14.2C12H12.C11H11N.C8H6F4.C7H9N/c1-11-13-7-3-5-9-15(13)12(2)16-10-6-4-8-14(11)16;1-11-3-7-13(8-4-11)14-9-5-12(2)6-10-14;1-11-5-3-7-13(9-11)14-8-4-6-12(2)10-14;1-9-5-3-8-12-10(2)6-4-7-11(9)12;1-9-7-8-10(2)12-6-4-3-5-11(9)12;1-8-5-6-9(2)11-10(8)4-3-7-12-11;1-3-5(9)7(11)4(2)8(12)6(3)10;1-6-3-4-7(2)8-5-6/h3-10H,1-2H3;2*3-10H,1-2H3;2*3-8H,1-2H3;3-7H,1-2H3;1-2H3;3-5H,1-2H3. The lowest BCUT2D eigenvalue weighted by Gasteiger charge is -2.11. The molecule has 100 heavy (non-hydrogen) atoms. The van der Waals surface area contributed by atoms with E-state index in [0.29, 0.717) is 0 Å². The minimum atomic E-state index is -1.33. The van der Waals surface area contributed by atoms with E-state index in [1.165, 1.54) is 143 Å². The minimum absolute atomic E-state index is 0.629. The maximum absolute atomic E-state index is 12.7. The molecule has 13 aromatic carbocycles. The molecule has 0 saturated heterocycles. The minimum Gasteiger partial charge on any atom is -0.261 e. The highest BCUT2D eigenvalue weighted by Crippen LogP contribution is 2.32. The van der Waals surface area contributed by atoms with Crippen molar-refractivity contribution in [2.24, 2.45) is 0 Å². The van der Waals surface area contributed by atoms with E-state index in [1.807, 2.05) is 38.4 Å². The number of aromatic nitrogens is 2. The number of aryl methyl sites for hydroxylation is 14. The lowest BCUT2D eigenvalue weighted by molar-refractivity contribution is 0.436. The molecule has 0 amide bonds. The van der Waals surface area contributed by atoms with Gasteiger partial charge in [-0.1, -0.05) is 265 Å². The van der Waals surface area contributed by atoms with Crippen LogP contribution in [-0.4, -0.2) is 9.97 Å². The van der Waals surface area contributed by atoms with Crippen LogP contribution in [0.3, 0.4) is 0 Å². The first-order chi connectivity index (χ1) is 47.9. The van der Waals surface area contributed by atoms with Crippen LogP contribution in [0.25, 0.3) is 76.2 Å². The first-order valence-electron chi connectivity index (χ1n) is 34.0.